The third kappa shape index (κ3) is 4.98. The normalized spacial score (nSPS) is 15.9. The lowest BCUT2D eigenvalue weighted by Crippen LogP contribution is -2.46. The van der Waals surface area contributed by atoms with Gasteiger partial charge in [-0.15, -0.1) is 0 Å². The number of benzene rings is 2. The molecule has 1 aliphatic heterocycles. The van der Waals surface area contributed by atoms with Crippen LogP contribution in [0.15, 0.2) is 24.3 Å². The number of piperidine rings is 1. The Morgan fingerprint density at radius 2 is 1.67 bits per heavy atom. The van der Waals surface area contributed by atoms with Crippen molar-refractivity contribution >= 4 is 49.9 Å². The van der Waals surface area contributed by atoms with Gasteiger partial charge < -0.3 is 10.6 Å². The molecule has 2 aromatic rings. The minimum absolute atomic E-state index is 0.150. The Kier molecular flexibility index (Phi) is 7.09. The molecule has 12 heteroatoms. The van der Waals surface area contributed by atoms with Gasteiger partial charge in [-0.25, -0.2) is 17.6 Å². The Morgan fingerprint density at radius 3 is 2.27 bits per heavy atom. The summed E-state index contributed by atoms with van der Waals surface area (Å²) in [5.41, 5.74) is -1.95. The molecule has 0 spiro atoms. The van der Waals surface area contributed by atoms with Gasteiger partial charge in [0.1, 0.15) is 17.2 Å². The van der Waals surface area contributed by atoms with Crippen LogP contribution in [0.25, 0.3) is 0 Å². The van der Waals surface area contributed by atoms with Crippen LogP contribution in [0.3, 0.4) is 0 Å². The summed E-state index contributed by atoms with van der Waals surface area (Å²) >= 11 is 1.86. The molecule has 6 nitrogen and oxygen atoms in total. The van der Waals surface area contributed by atoms with E-state index in [1.165, 1.54) is 12.1 Å². The number of halogens is 5. The Morgan fingerprint density at radius 1 is 1.00 bits per heavy atom. The first-order valence-corrected chi connectivity index (χ1v) is 11.5. The van der Waals surface area contributed by atoms with Gasteiger partial charge in [0, 0.05) is 28.8 Å². The summed E-state index contributed by atoms with van der Waals surface area (Å²) in [5.74, 6) is -5.22. The SMILES string of the molecule is CNC1CCN(S(=O)(=O)Nc2c(F)cc(F)c(F)c2Nc2ccc(I)cc2F)CC1. The molecule has 1 saturated heterocycles. The first-order chi connectivity index (χ1) is 14.1. The van der Waals surface area contributed by atoms with Crippen LogP contribution >= 0.6 is 22.6 Å². The van der Waals surface area contributed by atoms with Crippen LogP contribution in [-0.2, 0) is 10.2 Å². The Hall–Kier alpha value is -1.64. The Labute approximate surface area is 185 Å². The fourth-order valence-electron chi connectivity index (χ4n) is 3.12. The van der Waals surface area contributed by atoms with E-state index in [0.29, 0.717) is 16.4 Å². The minimum atomic E-state index is -4.26. The molecule has 2 aromatic carbocycles. The van der Waals surface area contributed by atoms with Gasteiger partial charge >= 0.3 is 10.2 Å². The summed E-state index contributed by atoms with van der Waals surface area (Å²) in [4.78, 5) is 0. The first-order valence-electron chi connectivity index (χ1n) is 8.97. The third-order valence-electron chi connectivity index (χ3n) is 4.80. The standard InChI is InChI=1S/C18H19F4IN4O2S/c1-24-11-4-6-27(7-5-11)30(28,29)26-17-14(21)9-13(20)16(22)18(17)25-15-3-2-10(23)8-12(15)19/h2-3,8-9,11,24-26H,4-7H2,1H3. The quantitative estimate of drug-likeness (QED) is 0.286. The van der Waals surface area contributed by atoms with Crippen LogP contribution in [0.2, 0.25) is 0 Å². The van der Waals surface area contributed by atoms with Crippen LogP contribution in [0.4, 0.5) is 34.6 Å². The first kappa shape index (κ1) is 23.0. The zero-order valence-electron chi connectivity index (χ0n) is 15.8. The van der Waals surface area contributed by atoms with Crippen molar-refractivity contribution in [2.24, 2.45) is 0 Å². The highest BCUT2D eigenvalue weighted by molar-refractivity contribution is 14.1. The van der Waals surface area contributed by atoms with Crippen molar-refractivity contribution in [3.63, 3.8) is 0 Å². The van der Waals surface area contributed by atoms with Crippen LogP contribution in [0.1, 0.15) is 12.8 Å². The van der Waals surface area contributed by atoms with E-state index in [2.05, 4.69) is 10.6 Å². The number of anilines is 3. The van der Waals surface area contributed by atoms with E-state index < -0.39 is 44.9 Å². The van der Waals surface area contributed by atoms with Crippen LogP contribution in [0.5, 0.6) is 0 Å². The van der Waals surface area contributed by atoms with Gasteiger partial charge in [0.05, 0.1) is 5.69 Å². The molecule has 0 bridgehead atoms. The molecule has 0 aromatic heterocycles. The number of rotatable bonds is 6. The number of hydrogen-bond donors (Lipinski definition) is 3. The lowest BCUT2D eigenvalue weighted by atomic mass is 10.1. The van der Waals surface area contributed by atoms with Gasteiger partial charge in [-0.2, -0.15) is 12.7 Å². The second-order valence-electron chi connectivity index (χ2n) is 6.72. The Bertz CT molecular complexity index is 1050. The summed E-state index contributed by atoms with van der Waals surface area (Å²) in [6, 6.07) is 4.26. The average Bonchev–Trinajstić information content (AvgIpc) is 2.70. The van der Waals surface area contributed by atoms with Crippen molar-refractivity contribution in [1.82, 2.24) is 9.62 Å². The smallest absolute Gasteiger partial charge is 0.301 e. The largest absolute Gasteiger partial charge is 0.349 e. The lowest BCUT2D eigenvalue weighted by Gasteiger charge is -2.31. The molecule has 30 heavy (non-hydrogen) atoms. The van der Waals surface area contributed by atoms with Gasteiger partial charge in [-0.3, -0.25) is 4.72 Å². The van der Waals surface area contributed by atoms with Crippen molar-refractivity contribution in [2.45, 2.75) is 18.9 Å². The fraction of sp³-hybridized carbons (Fsp3) is 0.333. The highest BCUT2D eigenvalue weighted by Gasteiger charge is 2.30. The van der Waals surface area contributed by atoms with Crippen molar-refractivity contribution in [3.8, 4) is 0 Å². The predicted octanol–water partition coefficient (Wildman–Crippen LogP) is 3.93. The maximum atomic E-state index is 14.5. The molecular formula is C18H19F4IN4O2S. The maximum Gasteiger partial charge on any atom is 0.301 e. The molecule has 3 N–H and O–H groups in total. The predicted molar refractivity (Wildman–Crippen MR) is 115 cm³/mol. The number of nitrogens with zero attached hydrogens (tertiary/aromatic N) is 1. The van der Waals surface area contributed by atoms with Crippen molar-refractivity contribution < 1.29 is 26.0 Å². The van der Waals surface area contributed by atoms with E-state index in [1.807, 2.05) is 27.3 Å². The summed E-state index contributed by atoms with van der Waals surface area (Å²) in [6.45, 7) is 0.335. The monoisotopic (exact) mass is 558 g/mol. The maximum absolute atomic E-state index is 14.5. The highest BCUT2D eigenvalue weighted by atomic mass is 127. The van der Waals surface area contributed by atoms with Crippen molar-refractivity contribution in [3.05, 3.63) is 51.1 Å². The minimum Gasteiger partial charge on any atom is -0.349 e. The summed E-state index contributed by atoms with van der Waals surface area (Å²) in [6.07, 6.45) is 1.08. The lowest BCUT2D eigenvalue weighted by molar-refractivity contribution is 0.300. The summed E-state index contributed by atoms with van der Waals surface area (Å²) < 4.78 is 86.0. The summed E-state index contributed by atoms with van der Waals surface area (Å²) in [5, 5.41) is 5.33. The summed E-state index contributed by atoms with van der Waals surface area (Å²) in [7, 11) is -2.49. The molecule has 1 heterocycles. The highest BCUT2D eigenvalue weighted by Crippen LogP contribution is 2.35. The molecule has 1 fully saturated rings. The molecule has 0 aliphatic carbocycles. The van der Waals surface area contributed by atoms with Crippen molar-refractivity contribution in [2.75, 3.05) is 30.2 Å². The third-order valence-corrected chi connectivity index (χ3v) is 6.97. The molecule has 1 aliphatic rings. The molecule has 164 valence electrons. The van der Waals surface area contributed by atoms with E-state index in [9.17, 15) is 26.0 Å². The van der Waals surface area contributed by atoms with Crippen molar-refractivity contribution in [1.29, 1.82) is 0 Å². The zero-order valence-corrected chi connectivity index (χ0v) is 18.8. The fourth-order valence-corrected chi connectivity index (χ4v) is 4.85. The van der Waals surface area contributed by atoms with Crippen LogP contribution in [-0.4, -0.2) is 38.9 Å². The zero-order chi connectivity index (χ0) is 22.1. The molecule has 0 unspecified atom stereocenters. The van der Waals surface area contributed by atoms with E-state index in [-0.39, 0.29) is 30.9 Å². The number of hydrogen-bond acceptors (Lipinski definition) is 4. The van der Waals surface area contributed by atoms with E-state index in [4.69, 9.17) is 0 Å². The molecular weight excluding hydrogens is 539 g/mol. The molecule has 0 saturated carbocycles. The van der Waals surface area contributed by atoms with Crippen LogP contribution < -0.4 is 15.4 Å². The average molecular weight is 558 g/mol. The Balaban J connectivity index is 1.95. The molecule has 3 rings (SSSR count). The number of nitrogens with one attached hydrogen (secondary N) is 3. The molecule has 0 amide bonds. The van der Waals surface area contributed by atoms with Gasteiger partial charge in [0.2, 0.25) is 0 Å². The van der Waals surface area contributed by atoms with Crippen LogP contribution in [0, 0.1) is 26.8 Å². The van der Waals surface area contributed by atoms with E-state index in [0.717, 1.165) is 10.4 Å². The molecule has 0 radical (unpaired) electrons. The van der Waals surface area contributed by atoms with Gasteiger partial charge in [0.15, 0.2) is 17.5 Å². The van der Waals surface area contributed by atoms with Gasteiger partial charge in [-0.05, 0) is 60.7 Å². The molecule has 0 atom stereocenters. The van der Waals surface area contributed by atoms with E-state index in [1.54, 1.807) is 7.05 Å². The second kappa shape index (κ2) is 9.24. The topological polar surface area (TPSA) is 73.5 Å². The second-order valence-corrected chi connectivity index (χ2v) is 9.64. The van der Waals surface area contributed by atoms with Gasteiger partial charge in [-0.1, -0.05) is 0 Å². The van der Waals surface area contributed by atoms with E-state index >= 15 is 0 Å². The van der Waals surface area contributed by atoms with Gasteiger partial charge in [0.25, 0.3) is 0 Å².